The zero-order valence-electron chi connectivity index (χ0n) is 9.28. The average molecular weight is 288 g/mol. The van der Waals surface area contributed by atoms with Crippen LogP contribution in [0.3, 0.4) is 0 Å². The maximum Gasteiger partial charge on any atom is 0.272 e. The van der Waals surface area contributed by atoms with Crippen LogP contribution in [0.2, 0.25) is 5.15 Å². The van der Waals surface area contributed by atoms with E-state index in [-0.39, 0.29) is 29.1 Å². The molecule has 0 N–H and O–H groups in total. The molecule has 1 aromatic heterocycles. The van der Waals surface area contributed by atoms with E-state index in [9.17, 15) is 8.28 Å². The third kappa shape index (κ3) is 2.73. The maximum atomic E-state index is 12.9. The standard InChI is InChI=1S/C12H8ClF2NOS/c1-7-6-10(13)16-11(12(7)17-18-15)8-2-4-9(14)5-3-8/h2-6H,1H3. The Morgan fingerprint density at radius 1 is 1.28 bits per heavy atom. The van der Waals surface area contributed by atoms with Gasteiger partial charge < -0.3 is 4.18 Å². The van der Waals surface area contributed by atoms with Crippen LogP contribution in [0.4, 0.5) is 8.28 Å². The van der Waals surface area contributed by atoms with E-state index < -0.39 is 0 Å². The zero-order valence-corrected chi connectivity index (χ0v) is 10.9. The van der Waals surface area contributed by atoms with Gasteiger partial charge in [0.25, 0.3) is 12.4 Å². The number of halogens is 3. The minimum Gasteiger partial charge on any atom is -0.394 e. The summed E-state index contributed by atoms with van der Waals surface area (Å²) >= 11 is 5.59. The van der Waals surface area contributed by atoms with Gasteiger partial charge in [-0.25, -0.2) is 9.37 Å². The molecule has 0 fully saturated rings. The van der Waals surface area contributed by atoms with Crippen molar-refractivity contribution in [2.45, 2.75) is 6.92 Å². The molecule has 1 aromatic carbocycles. The SMILES string of the molecule is Cc1cc(Cl)nc(-c2ccc(F)cc2)c1OSF. The number of pyridine rings is 1. The summed E-state index contributed by atoms with van der Waals surface area (Å²) in [4.78, 5) is 4.09. The highest BCUT2D eigenvalue weighted by Gasteiger charge is 2.14. The Morgan fingerprint density at radius 2 is 1.94 bits per heavy atom. The van der Waals surface area contributed by atoms with Crippen LogP contribution in [0.1, 0.15) is 5.56 Å². The third-order valence-electron chi connectivity index (χ3n) is 2.36. The summed E-state index contributed by atoms with van der Waals surface area (Å²) in [5.74, 6) is -0.0849. The maximum absolute atomic E-state index is 12.9. The average Bonchev–Trinajstić information content (AvgIpc) is 2.33. The quantitative estimate of drug-likeness (QED) is 0.600. The smallest absolute Gasteiger partial charge is 0.272 e. The number of hydrogen-bond acceptors (Lipinski definition) is 3. The summed E-state index contributed by atoms with van der Waals surface area (Å²) in [6, 6.07) is 7.21. The van der Waals surface area contributed by atoms with Gasteiger partial charge in [-0.15, -0.1) is 3.89 Å². The summed E-state index contributed by atoms with van der Waals surface area (Å²) in [5.41, 5.74) is 1.63. The summed E-state index contributed by atoms with van der Waals surface area (Å²) < 4.78 is 30.0. The minimum atomic E-state index is -0.361. The van der Waals surface area contributed by atoms with Crippen molar-refractivity contribution in [1.82, 2.24) is 4.98 Å². The van der Waals surface area contributed by atoms with Crippen LogP contribution in [0.15, 0.2) is 30.3 Å². The molecular weight excluding hydrogens is 280 g/mol. The molecule has 0 atom stereocenters. The molecule has 18 heavy (non-hydrogen) atoms. The highest BCUT2D eigenvalue weighted by atomic mass is 35.5. The van der Waals surface area contributed by atoms with Gasteiger partial charge in [-0.1, -0.05) is 11.6 Å². The second-order valence-electron chi connectivity index (χ2n) is 3.59. The fourth-order valence-electron chi connectivity index (χ4n) is 1.56. The molecule has 0 aliphatic carbocycles. The molecule has 94 valence electrons. The lowest BCUT2D eigenvalue weighted by atomic mass is 10.1. The topological polar surface area (TPSA) is 22.1 Å². The summed E-state index contributed by atoms with van der Waals surface area (Å²) in [7, 11) is 0. The lowest BCUT2D eigenvalue weighted by Gasteiger charge is -2.10. The summed E-state index contributed by atoms with van der Waals surface area (Å²) in [5, 5.41) is 0.267. The lowest BCUT2D eigenvalue weighted by molar-refractivity contribution is 0.604. The molecule has 0 aliphatic rings. The van der Waals surface area contributed by atoms with E-state index in [2.05, 4.69) is 4.98 Å². The van der Waals surface area contributed by atoms with E-state index in [0.29, 0.717) is 16.8 Å². The number of nitrogens with zero attached hydrogens (tertiary/aromatic N) is 1. The highest BCUT2D eigenvalue weighted by molar-refractivity contribution is 7.89. The Bertz CT molecular complexity index is 563. The molecule has 1 heterocycles. The first-order valence-corrected chi connectivity index (χ1v) is 6.02. The van der Waals surface area contributed by atoms with Crippen LogP contribution in [0, 0.1) is 12.7 Å². The van der Waals surface area contributed by atoms with Gasteiger partial charge in [-0.3, -0.25) is 0 Å². The van der Waals surface area contributed by atoms with E-state index in [1.807, 2.05) is 0 Å². The Labute approximate surface area is 112 Å². The van der Waals surface area contributed by atoms with Crippen molar-refractivity contribution in [3.63, 3.8) is 0 Å². The molecule has 0 aliphatic heterocycles. The van der Waals surface area contributed by atoms with E-state index in [1.54, 1.807) is 13.0 Å². The summed E-state index contributed by atoms with van der Waals surface area (Å²) in [6.45, 7) is 1.73. The van der Waals surface area contributed by atoms with Gasteiger partial charge in [-0.2, -0.15) is 0 Å². The Morgan fingerprint density at radius 3 is 2.56 bits per heavy atom. The first kappa shape index (κ1) is 13.1. The van der Waals surface area contributed by atoms with Crippen molar-refractivity contribution in [1.29, 1.82) is 0 Å². The second kappa shape index (κ2) is 5.54. The van der Waals surface area contributed by atoms with Gasteiger partial charge in [-0.05, 0) is 42.8 Å². The Hall–Kier alpha value is -1.33. The van der Waals surface area contributed by atoms with Crippen LogP contribution < -0.4 is 4.18 Å². The van der Waals surface area contributed by atoms with Crippen LogP contribution in [0.5, 0.6) is 5.75 Å². The van der Waals surface area contributed by atoms with Gasteiger partial charge in [0.15, 0.2) is 5.75 Å². The van der Waals surface area contributed by atoms with E-state index in [0.717, 1.165) is 0 Å². The van der Waals surface area contributed by atoms with Crippen molar-refractivity contribution in [2.24, 2.45) is 0 Å². The monoisotopic (exact) mass is 287 g/mol. The van der Waals surface area contributed by atoms with Gasteiger partial charge >= 0.3 is 0 Å². The Kier molecular flexibility index (Phi) is 4.04. The van der Waals surface area contributed by atoms with Gasteiger partial charge in [0.2, 0.25) is 0 Å². The number of aromatic nitrogens is 1. The first-order valence-electron chi connectivity index (χ1n) is 5.00. The van der Waals surface area contributed by atoms with Crippen LogP contribution in [-0.4, -0.2) is 4.98 Å². The van der Waals surface area contributed by atoms with Crippen LogP contribution in [-0.2, 0) is 0 Å². The molecule has 0 unspecified atom stereocenters. The predicted molar refractivity (Wildman–Crippen MR) is 68.7 cm³/mol. The van der Waals surface area contributed by atoms with Crippen molar-refractivity contribution >= 4 is 24.0 Å². The number of aryl methyl sites for hydroxylation is 1. The van der Waals surface area contributed by atoms with Crippen molar-refractivity contribution in [3.8, 4) is 17.0 Å². The molecule has 0 amide bonds. The predicted octanol–water partition coefficient (Wildman–Crippen LogP) is 4.76. The van der Waals surface area contributed by atoms with Crippen LogP contribution in [0.25, 0.3) is 11.3 Å². The normalized spacial score (nSPS) is 10.4. The van der Waals surface area contributed by atoms with Crippen molar-refractivity contribution in [2.75, 3.05) is 0 Å². The van der Waals surface area contributed by atoms with E-state index in [1.165, 1.54) is 24.3 Å². The largest absolute Gasteiger partial charge is 0.394 e. The highest BCUT2D eigenvalue weighted by Crippen LogP contribution is 2.35. The van der Waals surface area contributed by atoms with Crippen molar-refractivity contribution in [3.05, 3.63) is 46.9 Å². The first-order chi connectivity index (χ1) is 8.61. The zero-order chi connectivity index (χ0) is 13.1. The van der Waals surface area contributed by atoms with E-state index in [4.69, 9.17) is 15.8 Å². The van der Waals surface area contributed by atoms with Crippen LogP contribution >= 0.6 is 24.0 Å². The molecular formula is C12H8ClF2NOS. The van der Waals surface area contributed by atoms with Gasteiger partial charge in [0.1, 0.15) is 16.7 Å². The molecule has 0 radical (unpaired) electrons. The summed E-state index contributed by atoms with van der Waals surface area (Å²) in [6.07, 6.45) is 0. The minimum absolute atomic E-state index is 0.267. The molecule has 2 rings (SSSR count). The number of hydrogen-bond donors (Lipinski definition) is 0. The molecule has 0 saturated heterocycles. The lowest BCUT2D eigenvalue weighted by Crippen LogP contribution is -1.93. The molecule has 2 aromatic rings. The molecule has 0 spiro atoms. The third-order valence-corrected chi connectivity index (χ3v) is 2.78. The molecule has 0 saturated carbocycles. The van der Waals surface area contributed by atoms with Gasteiger partial charge in [0.05, 0.1) is 0 Å². The van der Waals surface area contributed by atoms with E-state index >= 15 is 0 Å². The molecule has 6 heteroatoms. The van der Waals surface area contributed by atoms with Crippen molar-refractivity contribution < 1.29 is 12.5 Å². The molecule has 2 nitrogen and oxygen atoms in total. The van der Waals surface area contributed by atoms with Gasteiger partial charge in [0, 0.05) is 5.56 Å². The second-order valence-corrected chi connectivity index (χ2v) is 4.27. The molecule has 0 bridgehead atoms. The fourth-order valence-corrected chi connectivity index (χ4v) is 2.08. The Balaban J connectivity index is 2.57. The fraction of sp³-hybridized carbons (Fsp3) is 0.0833. The number of benzene rings is 1. The number of rotatable bonds is 3.